The van der Waals surface area contributed by atoms with Crippen molar-refractivity contribution in [1.29, 1.82) is 0 Å². The summed E-state index contributed by atoms with van der Waals surface area (Å²) in [6.45, 7) is 4.85. The Hall–Kier alpha value is -10.8. The fourth-order valence-corrected chi connectivity index (χ4v) is 13.6. The van der Waals surface area contributed by atoms with Gasteiger partial charge in [0.2, 0.25) is 59.1 Å². The molecule has 612 valence electrons. The number of nitrogens with one attached hydrogen (secondary N) is 9. The van der Waals surface area contributed by atoms with Gasteiger partial charge in [0.05, 0.1) is 11.6 Å². The minimum absolute atomic E-state index is 0.00854. The van der Waals surface area contributed by atoms with E-state index in [1.165, 1.54) is 31.2 Å². The monoisotopic (exact) mass is 1560 g/mol. The summed E-state index contributed by atoms with van der Waals surface area (Å²) in [4.78, 5) is 230. The molecule has 11 amide bonds. The van der Waals surface area contributed by atoms with Crippen molar-refractivity contribution in [3.05, 3.63) is 59.7 Å². The maximum atomic E-state index is 14.9. The van der Waals surface area contributed by atoms with Crippen LogP contribution < -0.4 is 59.3 Å². The first-order chi connectivity index (χ1) is 52.7. The number of likely N-dealkylation sites (tertiary alicyclic amines) is 2. The number of carbonyl (C=O) groups is 17. The Kier molecular flexibility index (Phi) is 37.6. The summed E-state index contributed by atoms with van der Waals surface area (Å²) < 4.78 is 0. The number of carboxylic acids is 5. The van der Waals surface area contributed by atoms with Crippen molar-refractivity contribution >= 4 is 106 Å². The van der Waals surface area contributed by atoms with Gasteiger partial charge in [0.1, 0.15) is 72.0 Å². The second-order valence-corrected chi connectivity index (χ2v) is 28.7. The van der Waals surface area contributed by atoms with Gasteiger partial charge in [0, 0.05) is 70.3 Å². The Morgan fingerprint density at radius 2 is 0.982 bits per heavy atom. The number of phenols is 1. The quantitative estimate of drug-likeness (QED) is 0.0325. The molecule has 0 bridgehead atoms. The van der Waals surface area contributed by atoms with E-state index in [-0.39, 0.29) is 82.0 Å². The molecule has 1 unspecified atom stereocenters. The molecule has 3 aliphatic rings. The van der Waals surface area contributed by atoms with Crippen LogP contribution in [0.4, 0.5) is 5.69 Å². The molecule has 36 heteroatoms. The summed E-state index contributed by atoms with van der Waals surface area (Å²) in [6.07, 6.45) is 2.39. The molecular weight excluding hydrogens is 1450 g/mol. The highest BCUT2D eigenvalue weighted by Gasteiger charge is 2.45. The fourth-order valence-electron chi connectivity index (χ4n) is 13.6. The van der Waals surface area contributed by atoms with Crippen LogP contribution in [0.1, 0.15) is 204 Å². The lowest BCUT2D eigenvalue weighted by Gasteiger charge is -2.34. The third-order valence-corrected chi connectivity index (χ3v) is 20.2. The number of nitrogens with two attached hydrogens (primary N) is 2. The van der Waals surface area contributed by atoms with Crippen LogP contribution in [-0.4, -0.2) is 227 Å². The van der Waals surface area contributed by atoms with Crippen LogP contribution >= 0.6 is 0 Å². The molecule has 111 heavy (non-hydrogen) atoms. The van der Waals surface area contributed by atoms with Gasteiger partial charge in [-0.25, -0.2) is 4.79 Å². The van der Waals surface area contributed by atoms with Crippen molar-refractivity contribution in [1.82, 2.24) is 57.7 Å². The van der Waals surface area contributed by atoms with E-state index in [9.17, 15) is 107 Å². The number of carboxylic acid groups (broad SMARTS) is 5. The maximum absolute atomic E-state index is 14.9. The molecule has 0 spiro atoms. The minimum Gasteiger partial charge on any atom is -0.508 e. The summed E-state index contributed by atoms with van der Waals surface area (Å²) in [5.41, 5.74) is 13.3. The van der Waals surface area contributed by atoms with Crippen molar-refractivity contribution in [2.24, 2.45) is 17.6 Å². The SMILES string of the molecule is CC[C@H](C)[C@H](NC(=O)[C@H]1CCCN1C(=O)[C@H](CCC(=O)O)NC(=O)[C@@H](Cc1ccc(O)cc1)NC(=O)CC(N)C(=O)CCCCCCCNC(=O)c1ccccc1N)C(=O)N1CCC[C@@H]1C(=O)N[C@@H](CCC(=O)O)C(=O)N[C@H](CCC(=O)O)C(=O)N[C@@H](C)C(=O)N[C@H](CC1CCCCC1)C(=O)N[C@@H](CCC(=O)O)C(=O)O. The highest BCUT2D eigenvalue weighted by atomic mass is 16.4. The van der Waals surface area contributed by atoms with Crippen LogP contribution in [0.25, 0.3) is 0 Å². The molecule has 5 rings (SSSR count). The number of anilines is 1. The van der Waals surface area contributed by atoms with Crippen LogP contribution in [0.5, 0.6) is 5.75 Å². The van der Waals surface area contributed by atoms with E-state index < -0.39 is 225 Å². The number of Topliss-reactive ketones (excluding diaryl/α,β-unsaturated/α-hetero) is 1. The van der Waals surface area contributed by atoms with Gasteiger partial charge in [0.25, 0.3) is 5.91 Å². The Morgan fingerprint density at radius 3 is 1.56 bits per heavy atom. The number of aromatic hydroxyl groups is 1. The molecule has 0 radical (unpaired) electrons. The number of nitrogens with zero attached hydrogens (tertiary/aromatic N) is 2. The standard InChI is InChI=1S/C75H109N13O23/c1-4-42(2)64(74(109)88-38-16-21-56(88)71(106)82-51(29-33-61(94)95)68(103)81-50(28-32-60(92)93)67(102)79-43(3)65(100)85-55(39-44-17-9-8-10-18-44)70(105)84-53(75(110)111)31-35-63(98)99)86-72(107)57-22-15-37-87(57)73(108)52(30-34-62(96)97)83-69(104)54(40-45-24-26-46(89)27-25-45)80-59(91)41-49(77)58(90)23-11-6-5-7-14-36-78-66(101)47-19-12-13-20-48(47)76/h12-13,19-20,24-27,42-44,49-57,64,89H,4-11,14-18,21-23,28-41,76-77H2,1-3H3,(H,78,101)(H,79,102)(H,80,91)(H,81,103)(H,82,106)(H,83,104)(H,84,105)(H,85,100)(H,86,107)(H,92,93)(H,94,95)(H,96,97)(H,98,99)(H,110,111)/t42-,43-,49?,50+,51-,52-,53-,54+,55+,56+,57+,64-/m0/s1. The number of carbonyl (C=O) groups excluding carboxylic acids is 12. The van der Waals surface area contributed by atoms with Crippen molar-refractivity contribution in [3.63, 3.8) is 0 Å². The van der Waals surface area contributed by atoms with Gasteiger partial charge in [-0.15, -0.1) is 0 Å². The first kappa shape index (κ1) is 90.8. The number of nitrogen functional groups attached to an aromatic ring is 1. The van der Waals surface area contributed by atoms with Crippen LogP contribution in [0, 0.1) is 11.8 Å². The minimum atomic E-state index is -1.77. The maximum Gasteiger partial charge on any atom is 0.326 e. The van der Waals surface area contributed by atoms with Gasteiger partial charge in [-0.2, -0.15) is 0 Å². The van der Waals surface area contributed by atoms with Crippen LogP contribution in [0.15, 0.2) is 48.5 Å². The molecule has 0 aromatic heterocycles. The van der Waals surface area contributed by atoms with E-state index in [2.05, 4.69) is 47.9 Å². The predicted molar refractivity (Wildman–Crippen MR) is 397 cm³/mol. The molecule has 12 atom stereocenters. The van der Waals surface area contributed by atoms with Gasteiger partial charge in [0.15, 0.2) is 0 Å². The van der Waals surface area contributed by atoms with Gasteiger partial charge < -0.3 is 99.8 Å². The lowest BCUT2D eigenvalue weighted by atomic mass is 9.84. The number of rotatable bonds is 48. The number of unbranched alkanes of at least 4 members (excludes halogenated alkanes) is 4. The molecule has 36 nitrogen and oxygen atoms in total. The van der Waals surface area contributed by atoms with E-state index >= 15 is 0 Å². The van der Waals surface area contributed by atoms with E-state index in [1.807, 2.05) is 0 Å². The fraction of sp³-hybridized carbons (Fsp3) is 0.613. The zero-order valence-electron chi connectivity index (χ0n) is 63.0. The normalized spacial score (nSPS) is 17.5. The summed E-state index contributed by atoms with van der Waals surface area (Å²) in [6, 6.07) is -4.11. The topological polar surface area (TPSA) is 578 Å². The third-order valence-electron chi connectivity index (χ3n) is 20.2. The highest BCUT2D eigenvalue weighted by molar-refractivity contribution is 6.01. The van der Waals surface area contributed by atoms with Crippen molar-refractivity contribution in [3.8, 4) is 5.75 Å². The number of hydrogen-bond acceptors (Lipinski definition) is 20. The van der Waals surface area contributed by atoms with E-state index in [0.29, 0.717) is 55.5 Å². The van der Waals surface area contributed by atoms with Gasteiger partial charge in [-0.05, 0) is 119 Å². The number of para-hydroxylation sites is 1. The Bertz CT molecular complexity index is 3610. The third kappa shape index (κ3) is 30.5. The molecule has 2 aromatic carbocycles. The van der Waals surface area contributed by atoms with Crippen LogP contribution in [0.3, 0.4) is 0 Å². The van der Waals surface area contributed by atoms with Crippen molar-refractivity contribution in [2.75, 3.05) is 25.4 Å². The summed E-state index contributed by atoms with van der Waals surface area (Å²) >= 11 is 0. The van der Waals surface area contributed by atoms with E-state index in [4.69, 9.17) is 16.6 Å². The average Bonchev–Trinajstić information content (AvgIpc) is 1.73. The predicted octanol–water partition coefficient (Wildman–Crippen LogP) is 1.01. The van der Waals surface area contributed by atoms with E-state index in [0.717, 1.165) is 41.9 Å². The van der Waals surface area contributed by atoms with Crippen molar-refractivity contribution in [2.45, 2.75) is 261 Å². The second kappa shape index (κ2) is 46.0. The summed E-state index contributed by atoms with van der Waals surface area (Å²) in [7, 11) is 0. The number of amides is 11. The van der Waals surface area contributed by atoms with Gasteiger partial charge in [-0.3, -0.25) is 76.7 Å². The second-order valence-electron chi connectivity index (χ2n) is 28.7. The Labute approximate surface area is 642 Å². The molecule has 2 aliphatic heterocycles. The molecule has 2 saturated heterocycles. The zero-order valence-corrected chi connectivity index (χ0v) is 63.0. The Morgan fingerprint density at radius 1 is 0.495 bits per heavy atom. The summed E-state index contributed by atoms with van der Waals surface area (Å²) in [5.74, 6) is -18.0. The average molecular weight is 1560 g/mol. The van der Waals surface area contributed by atoms with Crippen LogP contribution in [0.2, 0.25) is 0 Å². The lowest BCUT2D eigenvalue weighted by molar-refractivity contribution is -0.146. The molecule has 2 aromatic rings. The number of phenolic OH excluding ortho intramolecular Hbond substituents is 1. The van der Waals surface area contributed by atoms with Gasteiger partial charge in [-0.1, -0.05) is 95.9 Å². The van der Waals surface area contributed by atoms with E-state index in [1.54, 1.807) is 38.1 Å². The number of ketones is 1. The highest BCUT2D eigenvalue weighted by Crippen LogP contribution is 2.29. The number of hydrogen-bond donors (Lipinski definition) is 17. The van der Waals surface area contributed by atoms with Crippen molar-refractivity contribution < 1.29 is 112 Å². The van der Waals surface area contributed by atoms with Crippen LogP contribution in [-0.2, 0) is 83.1 Å². The smallest absolute Gasteiger partial charge is 0.326 e. The molecule has 2 heterocycles. The first-order valence-corrected chi connectivity index (χ1v) is 38.0. The Balaban J connectivity index is 1.25. The molecule has 3 fully saturated rings. The summed E-state index contributed by atoms with van der Waals surface area (Å²) in [5, 5.41) is 80.9. The zero-order chi connectivity index (χ0) is 82.0. The lowest BCUT2D eigenvalue weighted by Crippen LogP contribution is -2.61. The van der Waals surface area contributed by atoms with Gasteiger partial charge >= 0.3 is 29.8 Å². The molecule has 19 N–H and O–H groups in total. The number of benzene rings is 2. The molecule has 1 aliphatic carbocycles. The molecular formula is C75H109N13O23. The number of aliphatic carboxylic acids is 5. The first-order valence-electron chi connectivity index (χ1n) is 38.0. The molecule has 1 saturated carbocycles. The largest absolute Gasteiger partial charge is 0.508 e.